The van der Waals surface area contributed by atoms with E-state index in [1.807, 2.05) is 0 Å². The molecule has 0 spiro atoms. The summed E-state index contributed by atoms with van der Waals surface area (Å²) >= 11 is 0. The van der Waals surface area contributed by atoms with Gasteiger partial charge in [-0.1, -0.05) is 26.7 Å². The summed E-state index contributed by atoms with van der Waals surface area (Å²) in [7, 11) is 4.21. The van der Waals surface area contributed by atoms with Crippen LogP contribution in [0.25, 0.3) is 0 Å². The Kier molecular flexibility index (Phi) is 16.1. The van der Waals surface area contributed by atoms with Crippen molar-refractivity contribution in [3.63, 3.8) is 0 Å². The second-order valence-electron chi connectivity index (χ2n) is 4.99. The molecule has 0 aliphatic carbocycles. The van der Waals surface area contributed by atoms with Gasteiger partial charge in [-0.2, -0.15) is 0 Å². The van der Waals surface area contributed by atoms with Gasteiger partial charge in [0, 0.05) is 19.6 Å². The Hall–Kier alpha value is -0.0400. The average molecular weight is 384 g/mol. The van der Waals surface area contributed by atoms with E-state index in [0.717, 1.165) is 38.6 Å². The van der Waals surface area contributed by atoms with Gasteiger partial charge in [0.1, 0.15) is 0 Å². The Morgan fingerprint density at radius 1 is 1.11 bits per heavy atom. The molecule has 0 saturated heterocycles. The maximum Gasteiger partial charge on any atom is 0.191 e. The Morgan fingerprint density at radius 3 is 2.21 bits per heavy atom. The first-order valence-corrected chi connectivity index (χ1v) is 7.30. The number of nitrogens with zero attached hydrogens (tertiary/aromatic N) is 2. The molecule has 0 aliphatic rings. The van der Waals surface area contributed by atoms with Gasteiger partial charge >= 0.3 is 0 Å². The Labute approximate surface area is 136 Å². The number of aliphatic imine (C=N–C) groups is 1. The molecule has 0 aromatic rings. The van der Waals surface area contributed by atoms with Gasteiger partial charge in [-0.25, -0.2) is 0 Å². The van der Waals surface area contributed by atoms with Gasteiger partial charge in [0.2, 0.25) is 0 Å². The van der Waals surface area contributed by atoms with Crippen molar-refractivity contribution in [3.05, 3.63) is 0 Å². The lowest BCUT2D eigenvalue weighted by Gasteiger charge is -2.15. The molecule has 0 aliphatic heterocycles. The van der Waals surface area contributed by atoms with Gasteiger partial charge in [0.05, 0.1) is 0 Å². The molecule has 0 radical (unpaired) electrons. The molecule has 0 amide bonds. The molecule has 0 saturated carbocycles. The first-order valence-electron chi connectivity index (χ1n) is 7.30. The smallest absolute Gasteiger partial charge is 0.191 e. The van der Waals surface area contributed by atoms with Crippen LogP contribution in [0.1, 0.15) is 40.0 Å². The number of halogens is 1. The molecule has 2 N–H and O–H groups in total. The Bertz CT molecular complexity index is 215. The van der Waals surface area contributed by atoms with Crippen molar-refractivity contribution in [1.29, 1.82) is 0 Å². The predicted octanol–water partition coefficient (Wildman–Crippen LogP) is 2.55. The molecular formula is C14H33IN4. The van der Waals surface area contributed by atoms with E-state index in [2.05, 4.69) is 55.4 Å². The zero-order valence-electron chi connectivity index (χ0n) is 13.3. The fourth-order valence-electron chi connectivity index (χ4n) is 1.71. The van der Waals surface area contributed by atoms with Crippen molar-refractivity contribution in [2.45, 2.75) is 40.0 Å². The molecule has 0 heterocycles. The molecule has 0 rings (SSSR count). The Balaban J connectivity index is 0. The van der Waals surface area contributed by atoms with Gasteiger partial charge in [-0.05, 0) is 39.9 Å². The third-order valence-electron chi connectivity index (χ3n) is 3.08. The maximum absolute atomic E-state index is 4.65. The van der Waals surface area contributed by atoms with Crippen LogP contribution in [0, 0.1) is 5.92 Å². The molecular weight excluding hydrogens is 351 g/mol. The molecule has 116 valence electrons. The molecule has 0 aromatic carbocycles. The lowest BCUT2D eigenvalue weighted by atomic mass is 10.0. The van der Waals surface area contributed by atoms with E-state index in [0.29, 0.717) is 5.92 Å². The maximum atomic E-state index is 4.65. The summed E-state index contributed by atoms with van der Waals surface area (Å²) in [4.78, 5) is 6.86. The van der Waals surface area contributed by atoms with Crippen molar-refractivity contribution < 1.29 is 0 Å². The minimum Gasteiger partial charge on any atom is -0.357 e. The number of rotatable bonds is 9. The predicted molar refractivity (Wildman–Crippen MR) is 96.6 cm³/mol. The van der Waals surface area contributed by atoms with E-state index in [9.17, 15) is 0 Å². The largest absolute Gasteiger partial charge is 0.357 e. The van der Waals surface area contributed by atoms with E-state index < -0.39 is 0 Å². The van der Waals surface area contributed by atoms with Crippen LogP contribution in [0.4, 0.5) is 0 Å². The van der Waals surface area contributed by atoms with Crippen LogP contribution in [0.5, 0.6) is 0 Å². The summed E-state index contributed by atoms with van der Waals surface area (Å²) in [6.07, 6.45) is 3.56. The van der Waals surface area contributed by atoms with Gasteiger partial charge in [-0.3, -0.25) is 4.99 Å². The molecule has 0 aromatic heterocycles. The van der Waals surface area contributed by atoms with E-state index in [1.54, 1.807) is 0 Å². The van der Waals surface area contributed by atoms with Gasteiger partial charge < -0.3 is 15.5 Å². The summed E-state index contributed by atoms with van der Waals surface area (Å²) in [6.45, 7) is 10.5. The summed E-state index contributed by atoms with van der Waals surface area (Å²) in [5, 5.41) is 6.69. The Morgan fingerprint density at radius 2 is 1.74 bits per heavy atom. The van der Waals surface area contributed by atoms with Crippen molar-refractivity contribution in [2.24, 2.45) is 10.9 Å². The summed E-state index contributed by atoms with van der Waals surface area (Å²) in [5.74, 6) is 1.67. The molecule has 19 heavy (non-hydrogen) atoms. The number of hydrogen-bond donors (Lipinski definition) is 2. The van der Waals surface area contributed by atoms with Crippen LogP contribution in [0.2, 0.25) is 0 Å². The van der Waals surface area contributed by atoms with E-state index in [1.165, 1.54) is 12.8 Å². The van der Waals surface area contributed by atoms with Gasteiger partial charge in [-0.15, -0.1) is 24.0 Å². The highest BCUT2D eigenvalue weighted by atomic mass is 127. The van der Waals surface area contributed by atoms with E-state index in [4.69, 9.17) is 0 Å². The molecule has 0 bridgehead atoms. The normalized spacial score (nSPS) is 11.6. The zero-order chi connectivity index (χ0) is 13.8. The summed E-state index contributed by atoms with van der Waals surface area (Å²) < 4.78 is 0. The van der Waals surface area contributed by atoms with Gasteiger partial charge in [0.15, 0.2) is 5.96 Å². The second kappa shape index (κ2) is 14.4. The quantitative estimate of drug-likeness (QED) is 0.278. The minimum atomic E-state index is 0. The average Bonchev–Trinajstić information content (AvgIpc) is 2.35. The number of guanidine groups is 1. The van der Waals surface area contributed by atoms with Crippen LogP contribution < -0.4 is 10.6 Å². The topological polar surface area (TPSA) is 39.7 Å². The zero-order valence-corrected chi connectivity index (χ0v) is 15.7. The first kappa shape index (κ1) is 21.3. The summed E-state index contributed by atoms with van der Waals surface area (Å²) in [6, 6.07) is 0. The molecule has 0 unspecified atom stereocenters. The van der Waals surface area contributed by atoms with Crippen LogP contribution in [-0.2, 0) is 0 Å². The van der Waals surface area contributed by atoms with Crippen LogP contribution >= 0.6 is 24.0 Å². The van der Waals surface area contributed by atoms with Crippen molar-refractivity contribution in [2.75, 3.05) is 40.3 Å². The van der Waals surface area contributed by atoms with Crippen molar-refractivity contribution in [3.8, 4) is 0 Å². The fraction of sp³-hybridized carbons (Fsp3) is 0.929. The molecule has 4 nitrogen and oxygen atoms in total. The number of hydrogen-bond acceptors (Lipinski definition) is 2. The summed E-state index contributed by atoms with van der Waals surface area (Å²) in [5.41, 5.74) is 0. The van der Waals surface area contributed by atoms with E-state index >= 15 is 0 Å². The van der Waals surface area contributed by atoms with Crippen LogP contribution in [0.15, 0.2) is 4.99 Å². The minimum absolute atomic E-state index is 0. The highest BCUT2D eigenvalue weighted by Crippen LogP contribution is 2.06. The van der Waals surface area contributed by atoms with Crippen molar-refractivity contribution >= 4 is 29.9 Å². The van der Waals surface area contributed by atoms with Crippen molar-refractivity contribution in [1.82, 2.24) is 15.5 Å². The first-order chi connectivity index (χ1) is 8.63. The standard InChI is InChI=1S/C14H32N4.HI/c1-6-13(7-2)12-17-14(15-8-3)16-10-9-11-18(4)5;/h13H,6-12H2,1-5H3,(H2,15,16,17);1H. The van der Waals surface area contributed by atoms with Crippen LogP contribution in [-0.4, -0.2) is 51.1 Å². The highest BCUT2D eigenvalue weighted by molar-refractivity contribution is 14.0. The van der Waals surface area contributed by atoms with Crippen LogP contribution in [0.3, 0.4) is 0 Å². The number of nitrogens with one attached hydrogen (secondary N) is 2. The van der Waals surface area contributed by atoms with E-state index in [-0.39, 0.29) is 24.0 Å². The fourth-order valence-corrected chi connectivity index (χ4v) is 1.71. The lowest BCUT2D eigenvalue weighted by Crippen LogP contribution is -2.38. The molecule has 5 heteroatoms. The molecule has 0 fully saturated rings. The SMILES string of the molecule is CCNC(=NCC(CC)CC)NCCCN(C)C.I. The monoisotopic (exact) mass is 384 g/mol. The molecule has 0 atom stereocenters. The lowest BCUT2D eigenvalue weighted by molar-refractivity contribution is 0.399. The second-order valence-corrected chi connectivity index (χ2v) is 4.99. The third-order valence-corrected chi connectivity index (χ3v) is 3.08. The van der Waals surface area contributed by atoms with Gasteiger partial charge in [0.25, 0.3) is 0 Å². The third kappa shape index (κ3) is 12.7. The highest BCUT2D eigenvalue weighted by Gasteiger charge is 2.03.